The third kappa shape index (κ3) is 5.19. The van der Waals surface area contributed by atoms with Crippen molar-refractivity contribution < 1.29 is 9.53 Å². The van der Waals surface area contributed by atoms with Gasteiger partial charge in [0.15, 0.2) is 0 Å². The lowest BCUT2D eigenvalue weighted by molar-refractivity contribution is -0.115. The lowest BCUT2D eigenvalue weighted by Gasteiger charge is -2.07. The van der Waals surface area contributed by atoms with E-state index in [9.17, 15) is 4.79 Å². The molecule has 1 heterocycles. The minimum atomic E-state index is -0.0605. The lowest BCUT2D eigenvalue weighted by atomic mass is 10.1. The quantitative estimate of drug-likeness (QED) is 0.617. The minimum Gasteiger partial charge on any atom is -0.497 e. The van der Waals surface area contributed by atoms with Crippen LogP contribution in [0.4, 0.5) is 5.69 Å². The molecule has 1 amide bonds. The number of H-pyrrole nitrogens is 1. The smallest absolute Gasteiger partial charge is 0.228 e. The number of amides is 1. The van der Waals surface area contributed by atoms with Crippen LogP contribution in [0.25, 0.3) is 11.6 Å². The third-order valence-corrected chi connectivity index (χ3v) is 4.00. The molecule has 27 heavy (non-hydrogen) atoms. The van der Waals surface area contributed by atoms with Crippen molar-refractivity contribution in [1.29, 1.82) is 0 Å². The zero-order chi connectivity index (χ0) is 19.1. The van der Waals surface area contributed by atoms with Crippen LogP contribution in [0.1, 0.15) is 17.0 Å². The molecule has 0 saturated carbocycles. The molecule has 0 aliphatic carbocycles. The van der Waals surface area contributed by atoms with Gasteiger partial charge in [0.05, 0.1) is 13.5 Å². The van der Waals surface area contributed by atoms with Crippen LogP contribution >= 0.6 is 0 Å². The molecule has 136 valence electrons. The van der Waals surface area contributed by atoms with Gasteiger partial charge in [-0.25, -0.2) is 4.98 Å². The molecule has 5 nitrogen and oxygen atoms in total. The fourth-order valence-electron chi connectivity index (χ4n) is 2.53. The first-order valence-corrected chi connectivity index (χ1v) is 8.53. The molecule has 0 aliphatic rings. The van der Waals surface area contributed by atoms with Gasteiger partial charge in [0, 0.05) is 23.7 Å². The summed E-state index contributed by atoms with van der Waals surface area (Å²) in [6.07, 6.45) is 7.64. The van der Waals surface area contributed by atoms with Gasteiger partial charge in [-0.1, -0.05) is 43.0 Å². The molecular formula is C22H21N3O2. The molecule has 2 aromatic carbocycles. The summed E-state index contributed by atoms with van der Waals surface area (Å²) in [5, 5.41) is 2.88. The Bertz CT molecular complexity index is 925. The van der Waals surface area contributed by atoms with Gasteiger partial charge >= 0.3 is 0 Å². The molecule has 0 bridgehead atoms. The van der Waals surface area contributed by atoms with Gasteiger partial charge in [0.25, 0.3) is 0 Å². The predicted octanol–water partition coefficient (Wildman–Crippen LogP) is 4.33. The monoisotopic (exact) mass is 359 g/mol. The Morgan fingerprint density at radius 3 is 2.56 bits per heavy atom. The Hall–Kier alpha value is -3.60. The maximum Gasteiger partial charge on any atom is 0.228 e. The van der Waals surface area contributed by atoms with Crippen LogP contribution in [0.15, 0.2) is 73.6 Å². The molecule has 5 heteroatoms. The number of aromatic nitrogens is 2. The topological polar surface area (TPSA) is 67.0 Å². The van der Waals surface area contributed by atoms with E-state index in [1.54, 1.807) is 19.5 Å². The predicted molar refractivity (Wildman–Crippen MR) is 108 cm³/mol. The second-order valence-corrected chi connectivity index (χ2v) is 5.99. The second kappa shape index (κ2) is 8.67. The highest BCUT2D eigenvalue weighted by molar-refractivity contribution is 5.92. The van der Waals surface area contributed by atoms with E-state index in [1.807, 2.05) is 60.7 Å². The van der Waals surface area contributed by atoms with Crippen molar-refractivity contribution in [3.63, 3.8) is 0 Å². The first-order valence-electron chi connectivity index (χ1n) is 8.53. The molecule has 0 spiro atoms. The number of hydrogen-bond acceptors (Lipinski definition) is 3. The highest BCUT2D eigenvalue weighted by Gasteiger charge is 2.04. The van der Waals surface area contributed by atoms with Crippen LogP contribution in [0, 0.1) is 0 Å². The number of benzene rings is 2. The summed E-state index contributed by atoms with van der Waals surface area (Å²) in [4.78, 5) is 19.4. The molecule has 2 N–H and O–H groups in total. The molecule has 0 atom stereocenters. The summed E-state index contributed by atoms with van der Waals surface area (Å²) < 4.78 is 5.11. The molecule has 3 rings (SSSR count). The van der Waals surface area contributed by atoms with Crippen molar-refractivity contribution in [2.45, 2.75) is 6.42 Å². The zero-order valence-electron chi connectivity index (χ0n) is 15.1. The number of carbonyl (C=O) groups excluding carboxylic acids is 1. The Morgan fingerprint density at radius 1 is 1.19 bits per heavy atom. The van der Waals surface area contributed by atoms with Gasteiger partial charge < -0.3 is 15.0 Å². The molecule has 0 fully saturated rings. The standard InChI is InChI=1S/C22H21N3O2/c1-16(22-23-13-14-24-22)3-4-17-5-7-18(8-6-17)15-21(26)25-19-9-11-20(27-2)12-10-19/h3-14H,1,15H2,2H3,(H,23,24)(H,25,26)/b4-3+. The number of aromatic amines is 1. The number of allylic oxidation sites excluding steroid dienone is 2. The fraction of sp³-hybridized carbons (Fsp3) is 0.0909. The van der Waals surface area contributed by atoms with E-state index in [-0.39, 0.29) is 5.91 Å². The molecular weight excluding hydrogens is 338 g/mol. The summed E-state index contributed by atoms with van der Waals surface area (Å²) >= 11 is 0. The molecule has 0 aliphatic heterocycles. The Kier molecular flexibility index (Phi) is 5.84. The van der Waals surface area contributed by atoms with E-state index in [1.165, 1.54) is 0 Å². The van der Waals surface area contributed by atoms with Crippen molar-refractivity contribution >= 4 is 23.2 Å². The van der Waals surface area contributed by atoms with Crippen LogP contribution in [0.5, 0.6) is 5.75 Å². The van der Waals surface area contributed by atoms with Gasteiger partial charge in [0.2, 0.25) is 5.91 Å². The van der Waals surface area contributed by atoms with Gasteiger partial charge in [-0.05, 0) is 35.4 Å². The summed E-state index contributed by atoms with van der Waals surface area (Å²) in [5.74, 6) is 1.44. The number of ether oxygens (including phenoxy) is 1. The van der Waals surface area contributed by atoms with Gasteiger partial charge in [0.1, 0.15) is 11.6 Å². The van der Waals surface area contributed by atoms with Gasteiger partial charge in [-0.3, -0.25) is 4.79 Å². The van der Waals surface area contributed by atoms with Crippen molar-refractivity contribution in [2.24, 2.45) is 0 Å². The van der Waals surface area contributed by atoms with Crippen LogP contribution in [-0.2, 0) is 11.2 Å². The third-order valence-electron chi connectivity index (χ3n) is 4.00. The number of nitrogens with one attached hydrogen (secondary N) is 2. The number of methoxy groups -OCH3 is 1. The molecule has 3 aromatic rings. The van der Waals surface area contributed by atoms with Gasteiger partial charge in [-0.15, -0.1) is 0 Å². The average molecular weight is 359 g/mol. The van der Waals surface area contributed by atoms with Gasteiger partial charge in [-0.2, -0.15) is 0 Å². The van der Waals surface area contributed by atoms with Crippen LogP contribution in [-0.4, -0.2) is 23.0 Å². The SMILES string of the molecule is C=C(/C=C/c1ccc(CC(=O)Nc2ccc(OC)cc2)cc1)c1ncc[nH]1. The largest absolute Gasteiger partial charge is 0.497 e. The van der Waals surface area contributed by atoms with Crippen LogP contribution in [0.2, 0.25) is 0 Å². The Morgan fingerprint density at radius 2 is 1.93 bits per heavy atom. The molecule has 0 radical (unpaired) electrons. The number of anilines is 1. The van der Waals surface area contributed by atoms with Crippen LogP contribution in [0.3, 0.4) is 0 Å². The zero-order valence-corrected chi connectivity index (χ0v) is 15.1. The number of rotatable bonds is 7. The lowest BCUT2D eigenvalue weighted by Crippen LogP contribution is -2.14. The van der Waals surface area contributed by atoms with E-state index in [0.29, 0.717) is 6.42 Å². The van der Waals surface area contributed by atoms with E-state index in [2.05, 4.69) is 21.9 Å². The Balaban J connectivity index is 1.55. The first kappa shape index (κ1) is 18.2. The normalized spacial score (nSPS) is 10.7. The van der Waals surface area contributed by atoms with E-state index in [4.69, 9.17) is 4.74 Å². The van der Waals surface area contributed by atoms with Crippen molar-refractivity contribution in [1.82, 2.24) is 9.97 Å². The Labute approximate surface area is 158 Å². The van der Waals surface area contributed by atoms with E-state index in [0.717, 1.165) is 34.0 Å². The van der Waals surface area contributed by atoms with Crippen LogP contribution < -0.4 is 10.1 Å². The van der Waals surface area contributed by atoms with Crippen molar-refractivity contribution in [2.75, 3.05) is 12.4 Å². The van der Waals surface area contributed by atoms with E-state index < -0.39 is 0 Å². The summed E-state index contributed by atoms with van der Waals surface area (Å²) in [7, 11) is 1.61. The average Bonchev–Trinajstić information content (AvgIpc) is 3.23. The highest BCUT2D eigenvalue weighted by atomic mass is 16.5. The van der Waals surface area contributed by atoms with Crippen molar-refractivity contribution in [3.8, 4) is 5.75 Å². The van der Waals surface area contributed by atoms with E-state index >= 15 is 0 Å². The molecule has 0 unspecified atom stereocenters. The van der Waals surface area contributed by atoms with Crippen molar-refractivity contribution in [3.05, 3.63) is 90.5 Å². The first-order chi connectivity index (χ1) is 13.1. The number of imidazole rings is 1. The number of hydrogen-bond donors (Lipinski definition) is 2. The fourth-order valence-corrected chi connectivity index (χ4v) is 2.53. The molecule has 0 saturated heterocycles. The minimum absolute atomic E-state index is 0.0605. The summed E-state index contributed by atoms with van der Waals surface area (Å²) in [5.41, 5.74) is 3.53. The second-order valence-electron chi connectivity index (χ2n) is 5.99. The maximum absolute atomic E-state index is 12.2. The summed E-state index contributed by atoms with van der Waals surface area (Å²) in [6, 6.07) is 15.1. The maximum atomic E-state index is 12.2. The number of carbonyl (C=O) groups is 1. The molecule has 1 aromatic heterocycles. The summed E-state index contributed by atoms with van der Waals surface area (Å²) in [6.45, 7) is 3.98. The highest BCUT2D eigenvalue weighted by Crippen LogP contribution is 2.16. The number of nitrogens with zero attached hydrogens (tertiary/aromatic N) is 1.